The highest BCUT2D eigenvalue weighted by molar-refractivity contribution is 4.89. The molecule has 2 nitrogen and oxygen atoms in total. The standard InChI is InChI=1S/C13H27NO/c1-4-12-5-6-13(9-12,10-14)7-8-15-11(2)3/h11-12H,4-10,14H2,1-3H3. The Labute approximate surface area is 94.6 Å². The molecule has 2 heteroatoms. The van der Waals surface area contributed by atoms with Crippen LogP contribution in [0, 0.1) is 11.3 Å². The van der Waals surface area contributed by atoms with E-state index < -0.39 is 0 Å². The van der Waals surface area contributed by atoms with Crippen molar-refractivity contribution in [2.45, 2.75) is 59.0 Å². The van der Waals surface area contributed by atoms with E-state index in [4.69, 9.17) is 10.5 Å². The van der Waals surface area contributed by atoms with Gasteiger partial charge in [-0.25, -0.2) is 0 Å². The largest absolute Gasteiger partial charge is 0.379 e. The fourth-order valence-electron chi connectivity index (χ4n) is 2.70. The Hall–Kier alpha value is -0.0800. The van der Waals surface area contributed by atoms with E-state index in [2.05, 4.69) is 20.8 Å². The maximum atomic E-state index is 5.95. The van der Waals surface area contributed by atoms with Crippen LogP contribution in [0.3, 0.4) is 0 Å². The van der Waals surface area contributed by atoms with Gasteiger partial charge in [-0.1, -0.05) is 13.3 Å². The zero-order valence-electron chi connectivity index (χ0n) is 10.6. The average molecular weight is 213 g/mol. The second-order valence-electron chi connectivity index (χ2n) is 5.39. The normalized spacial score (nSPS) is 31.4. The zero-order chi connectivity index (χ0) is 11.3. The molecule has 1 aliphatic carbocycles. The van der Waals surface area contributed by atoms with Gasteiger partial charge in [-0.3, -0.25) is 0 Å². The summed E-state index contributed by atoms with van der Waals surface area (Å²) in [5, 5.41) is 0. The second-order valence-corrected chi connectivity index (χ2v) is 5.39. The van der Waals surface area contributed by atoms with E-state index in [1.807, 2.05) is 0 Å². The monoisotopic (exact) mass is 213 g/mol. The molecule has 1 fully saturated rings. The topological polar surface area (TPSA) is 35.2 Å². The van der Waals surface area contributed by atoms with Gasteiger partial charge < -0.3 is 10.5 Å². The molecule has 0 aliphatic heterocycles. The minimum absolute atomic E-state index is 0.350. The summed E-state index contributed by atoms with van der Waals surface area (Å²) in [5.74, 6) is 0.910. The van der Waals surface area contributed by atoms with Crippen LogP contribution in [-0.2, 0) is 4.74 Å². The lowest BCUT2D eigenvalue weighted by Crippen LogP contribution is -2.29. The quantitative estimate of drug-likeness (QED) is 0.736. The van der Waals surface area contributed by atoms with Gasteiger partial charge in [-0.05, 0) is 57.4 Å². The van der Waals surface area contributed by atoms with Crippen LogP contribution in [0.4, 0.5) is 0 Å². The van der Waals surface area contributed by atoms with Crippen LogP contribution in [0.15, 0.2) is 0 Å². The Kier molecular flexibility index (Phi) is 5.07. The molecule has 0 amide bonds. The molecule has 2 N–H and O–H groups in total. The third-order valence-electron chi connectivity index (χ3n) is 3.90. The van der Waals surface area contributed by atoms with Gasteiger partial charge >= 0.3 is 0 Å². The number of ether oxygens (including phenoxy) is 1. The fourth-order valence-corrected chi connectivity index (χ4v) is 2.70. The summed E-state index contributed by atoms with van der Waals surface area (Å²) >= 11 is 0. The predicted molar refractivity (Wildman–Crippen MR) is 64.8 cm³/mol. The molecule has 0 spiro atoms. The van der Waals surface area contributed by atoms with Gasteiger partial charge in [-0.2, -0.15) is 0 Å². The van der Waals surface area contributed by atoms with Gasteiger partial charge in [-0.15, -0.1) is 0 Å². The molecule has 2 atom stereocenters. The molecule has 2 unspecified atom stereocenters. The van der Waals surface area contributed by atoms with Crippen LogP contribution in [0.5, 0.6) is 0 Å². The van der Waals surface area contributed by atoms with E-state index >= 15 is 0 Å². The minimum Gasteiger partial charge on any atom is -0.379 e. The molecular weight excluding hydrogens is 186 g/mol. The van der Waals surface area contributed by atoms with Gasteiger partial charge in [0.05, 0.1) is 6.10 Å². The van der Waals surface area contributed by atoms with Crippen molar-refractivity contribution in [1.29, 1.82) is 0 Å². The number of rotatable bonds is 6. The van der Waals surface area contributed by atoms with Crippen LogP contribution in [0.2, 0.25) is 0 Å². The molecule has 1 rings (SSSR count). The first kappa shape index (κ1) is 13.0. The molecule has 15 heavy (non-hydrogen) atoms. The average Bonchev–Trinajstić information content (AvgIpc) is 2.62. The summed E-state index contributed by atoms with van der Waals surface area (Å²) in [6, 6.07) is 0. The van der Waals surface area contributed by atoms with Gasteiger partial charge in [0, 0.05) is 6.61 Å². The summed E-state index contributed by atoms with van der Waals surface area (Å²) in [6.07, 6.45) is 6.81. The third-order valence-corrected chi connectivity index (χ3v) is 3.90. The van der Waals surface area contributed by atoms with E-state index in [0.717, 1.165) is 25.5 Å². The van der Waals surface area contributed by atoms with E-state index in [-0.39, 0.29) is 0 Å². The lowest BCUT2D eigenvalue weighted by atomic mass is 9.82. The van der Waals surface area contributed by atoms with Crippen molar-refractivity contribution in [3.63, 3.8) is 0 Å². The van der Waals surface area contributed by atoms with Crippen molar-refractivity contribution in [2.24, 2.45) is 17.1 Å². The summed E-state index contributed by atoms with van der Waals surface area (Å²) in [7, 11) is 0. The first-order valence-corrected chi connectivity index (χ1v) is 6.43. The number of hydrogen-bond acceptors (Lipinski definition) is 2. The van der Waals surface area contributed by atoms with Crippen LogP contribution in [-0.4, -0.2) is 19.3 Å². The molecule has 0 bridgehead atoms. The highest BCUT2D eigenvalue weighted by Crippen LogP contribution is 2.44. The van der Waals surface area contributed by atoms with E-state index in [1.54, 1.807) is 0 Å². The predicted octanol–water partition coefficient (Wildman–Crippen LogP) is 2.96. The summed E-state index contributed by atoms with van der Waals surface area (Å²) < 4.78 is 5.64. The Morgan fingerprint density at radius 1 is 1.47 bits per heavy atom. The summed E-state index contributed by atoms with van der Waals surface area (Å²) in [5.41, 5.74) is 6.35. The fraction of sp³-hybridized carbons (Fsp3) is 1.00. The smallest absolute Gasteiger partial charge is 0.0518 e. The SMILES string of the molecule is CCC1CCC(CN)(CCOC(C)C)C1. The molecule has 1 aliphatic rings. The van der Waals surface area contributed by atoms with Crippen molar-refractivity contribution < 1.29 is 4.74 Å². The van der Waals surface area contributed by atoms with E-state index in [1.165, 1.54) is 25.7 Å². The summed E-state index contributed by atoms with van der Waals surface area (Å²) in [6.45, 7) is 8.20. The van der Waals surface area contributed by atoms with Crippen molar-refractivity contribution in [2.75, 3.05) is 13.2 Å². The molecule has 1 saturated carbocycles. The number of hydrogen-bond donors (Lipinski definition) is 1. The van der Waals surface area contributed by atoms with Crippen molar-refractivity contribution in [1.82, 2.24) is 0 Å². The highest BCUT2D eigenvalue weighted by Gasteiger charge is 2.36. The summed E-state index contributed by atoms with van der Waals surface area (Å²) in [4.78, 5) is 0. The minimum atomic E-state index is 0.350. The molecule has 0 aromatic heterocycles. The lowest BCUT2D eigenvalue weighted by Gasteiger charge is -2.28. The number of nitrogens with two attached hydrogens (primary N) is 1. The first-order chi connectivity index (χ1) is 7.12. The van der Waals surface area contributed by atoms with Crippen LogP contribution >= 0.6 is 0 Å². The van der Waals surface area contributed by atoms with Crippen molar-refractivity contribution >= 4 is 0 Å². The molecule has 90 valence electrons. The van der Waals surface area contributed by atoms with Gasteiger partial charge in [0.2, 0.25) is 0 Å². The van der Waals surface area contributed by atoms with Gasteiger partial charge in [0.25, 0.3) is 0 Å². The Balaban J connectivity index is 2.34. The lowest BCUT2D eigenvalue weighted by molar-refractivity contribution is 0.0523. The molecule has 0 saturated heterocycles. The maximum Gasteiger partial charge on any atom is 0.0518 e. The van der Waals surface area contributed by atoms with Crippen molar-refractivity contribution in [3.05, 3.63) is 0 Å². The first-order valence-electron chi connectivity index (χ1n) is 6.43. The van der Waals surface area contributed by atoms with Gasteiger partial charge in [0.1, 0.15) is 0 Å². The van der Waals surface area contributed by atoms with Gasteiger partial charge in [0.15, 0.2) is 0 Å². The van der Waals surface area contributed by atoms with Crippen LogP contribution in [0.1, 0.15) is 52.9 Å². The third kappa shape index (κ3) is 3.76. The molecule has 0 heterocycles. The maximum absolute atomic E-state index is 5.95. The van der Waals surface area contributed by atoms with Crippen molar-refractivity contribution in [3.8, 4) is 0 Å². The second kappa shape index (κ2) is 5.86. The molecular formula is C13H27NO. The molecule has 0 aromatic carbocycles. The molecule has 0 radical (unpaired) electrons. The zero-order valence-corrected chi connectivity index (χ0v) is 10.6. The van der Waals surface area contributed by atoms with Crippen LogP contribution in [0.25, 0.3) is 0 Å². The molecule has 0 aromatic rings. The Morgan fingerprint density at radius 3 is 2.67 bits per heavy atom. The van der Waals surface area contributed by atoms with E-state index in [0.29, 0.717) is 11.5 Å². The Bertz CT molecular complexity index is 181. The van der Waals surface area contributed by atoms with Crippen LogP contribution < -0.4 is 5.73 Å². The van der Waals surface area contributed by atoms with E-state index in [9.17, 15) is 0 Å². The highest BCUT2D eigenvalue weighted by atomic mass is 16.5. The Morgan fingerprint density at radius 2 is 2.20 bits per heavy atom.